The van der Waals surface area contributed by atoms with Gasteiger partial charge in [-0.25, -0.2) is 4.79 Å². The minimum absolute atomic E-state index is 0.0165. The molecular formula is C19H22N2O5. The highest BCUT2D eigenvalue weighted by molar-refractivity contribution is 5.92. The Morgan fingerprint density at radius 1 is 1.27 bits per heavy atom. The number of ether oxygens (including phenoxy) is 4. The third-order valence-electron chi connectivity index (χ3n) is 4.05. The standard InChI is InChI=1S/C19H22N2O5/c1-5-13-17(19(22)25-6-2)16(12(10-20)18(21)26-13)11-7-8-14(23-3)15(9-11)24-4/h7-9,16H,5-6,21H2,1-4H3/t16-/m0/s1. The van der Waals surface area contributed by atoms with Crippen LogP contribution in [0.4, 0.5) is 0 Å². The Labute approximate surface area is 152 Å². The van der Waals surface area contributed by atoms with Gasteiger partial charge in [-0.05, 0) is 24.6 Å². The van der Waals surface area contributed by atoms with Crippen molar-refractivity contribution in [1.29, 1.82) is 5.26 Å². The first-order valence-electron chi connectivity index (χ1n) is 8.21. The summed E-state index contributed by atoms with van der Waals surface area (Å²) < 4.78 is 21.3. The van der Waals surface area contributed by atoms with E-state index >= 15 is 0 Å². The number of esters is 1. The van der Waals surface area contributed by atoms with E-state index in [1.54, 1.807) is 25.1 Å². The van der Waals surface area contributed by atoms with Crippen molar-refractivity contribution in [3.63, 3.8) is 0 Å². The van der Waals surface area contributed by atoms with Gasteiger partial charge in [0, 0.05) is 6.42 Å². The molecule has 0 aliphatic carbocycles. The number of methoxy groups -OCH3 is 2. The Morgan fingerprint density at radius 3 is 2.50 bits per heavy atom. The highest BCUT2D eigenvalue weighted by Crippen LogP contribution is 2.42. The van der Waals surface area contributed by atoms with Crippen molar-refractivity contribution < 1.29 is 23.7 Å². The average Bonchev–Trinajstić information content (AvgIpc) is 2.66. The van der Waals surface area contributed by atoms with Crippen molar-refractivity contribution in [2.24, 2.45) is 5.73 Å². The number of allylic oxidation sites excluding steroid dienone is 2. The van der Waals surface area contributed by atoms with E-state index in [1.165, 1.54) is 14.2 Å². The fraction of sp³-hybridized carbons (Fsp3) is 0.368. The largest absolute Gasteiger partial charge is 0.493 e. The number of rotatable bonds is 6. The molecule has 0 saturated carbocycles. The Kier molecular flexibility index (Phi) is 6.12. The predicted molar refractivity (Wildman–Crippen MR) is 94.1 cm³/mol. The molecule has 1 heterocycles. The molecule has 138 valence electrons. The summed E-state index contributed by atoms with van der Waals surface area (Å²) in [6.45, 7) is 3.76. The topological polar surface area (TPSA) is 104 Å². The molecule has 2 rings (SSSR count). The molecule has 0 amide bonds. The van der Waals surface area contributed by atoms with E-state index in [-0.39, 0.29) is 23.6 Å². The molecule has 0 spiro atoms. The summed E-state index contributed by atoms with van der Waals surface area (Å²) in [6.07, 6.45) is 0.428. The Morgan fingerprint density at radius 2 is 1.96 bits per heavy atom. The summed E-state index contributed by atoms with van der Waals surface area (Å²) in [6, 6.07) is 7.24. The van der Waals surface area contributed by atoms with Crippen molar-refractivity contribution in [2.45, 2.75) is 26.2 Å². The summed E-state index contributed by atoms with van der Waals surface area (Å²) in [5.41, 5.74) is 7.01. The quantitative estimate of drug-likeness (QED) is 0.780. The highest BCUT2D eigenvalue weighted by atomic mass is 16.5. The van der Waals surface area contributed by atoms with Crippen molar-refractivity contribution in [1.82, 2.24) is 0 Å². The van der Waals surface area contributed by atoms with E-state index in [9.17, 15) is 10.1 Å². The van der Waals surface area contributed by atoms with Gasteiger partial charge in [0.05, 0.1) is 32.3 Å². The molecular weight excluding hydrogens is 336 g/mol. The van der Waals surface area contributed by atoms with E-state index in [4.69, 9.17) is 24.7 Å². The van der Waals surface area contributed by atoms with E-state index in [2.05, 4.69) is 6.07 Å². The molecule has 1 aliphatic heterocycles. The first kappa shape index (κ1) is 19.2. The van der Waals surface area contributed by atoms with Gasteiger partial charge in [-0.2, -0.15) is 5.26 Å². The molecule has 1 aliphatic rings. The van der Waals surface area contributed by atoms with Crippen LogP contribution in [0.15, 0.2) is 41.0 Å². The van der Waals surface area contributed by atoms with Gasteiger partial charge in [0.15, 0.2) is 11.5 Å². The van der Waals surface area contributed by atoms with Crippen LogP contribution in [-0.4, -0.2) is 26.8 Å². The zero-order valence-corrected chi connectivity index (χ0v) is 15.3. The molecule has 7 nitrogen and oxygen atoms in total. The SMILES string of the molecule is CCOC(=O)C1=C(CC)OC(N)=C(C#N)[C@@H]1c1ccc(OC)c(OC)c1. The number of nitrogens with zero attached hydrogens (tertiary/aromatic N) is 1. The van der Waals surface area contributed by atoms with Gasteiger partial charge in [-0.1, -0.05) is 13.0 Å². The lowest BCUT2D eigenvalue weighted by atomic mass is 9.82. The number of nitriles is 1. The molecule has 26 heavy (non-hydrogen) atoms. The average molecular weight is 358 g/mol. The maximum absolute atomic E-state index is 12.6. The van der Waals surface area contributed by atoms with Crippen molar-refractivity contribution in [3.8, 4) is 17.6 Å². The van der Waals surface area contributed by atoms with Gasteiger partial charge < -0.3 is 24.7 Å². The van der Waals surface area contributed by atoms with Gasteiger partial charge in [0.2, 0.25) is 5.88 Å². The van der Waals surface area contributed by atoms with Crippen LogP contribution in [-0.2, 0) is 14.3 Å². The second-order valence-corrected chi connectivity index (χ2v) is 5.45. The fourth-order valence-corrected chi connectivity index (χ4v) is 2.88. The number of benzene rings is 1. The predicted octanol–water partition coefficient (Wildman–Crippen LogP) is 2.74. The minimum atomic E-state index is -0.706. The maximum Gasteiger partial charge on any atom is 0.338 e. The fourth-order valence-electron chi connectivity index (χ4n) is 2.88. The molecule has 1 aromatic carbocycles. The van der Waals surface area contributed by atoms with E-state index in [0.717, 1.165) is 0 Å². The molecule has 1 atom stereocenters. The second-order valence-electron chi connectivity index (χ2n) is 5.45. The molecule has 2 N–H and O–H groups in total. The lowest BCUT2D eigenvalue weighted by Crippen LogP contribution is -2.26. The lowest BCUT2D eigenvalue weighted by Gasteiger charge is -2.28. The smallest absolute Gasteiger partial charge is 0.338 e. The van der Waals surface area contributed by atoms with E-state index in [0.29, 0.717) is 29.2 Å². The van der Waals surface area contributed by atoms with Crippen LogP contribution in [0.1, 0.15) is 31.7 Å². The zero-order valence-electron chi connectivity index (χ0n) is 15.3. The van der Waals surface area contributed by atoms with Gasteiger partial charge in [0.25, 0.3) is 0 Å². The van der Waals surface area contributed by atoms with Crippen molar-refractivity contribution in [2.75, 3.05) is 20.8 Å². The molecule has 0 saturated heterocycles. The summed E-state index contributed by atoms with van der Waals surface area (Å²) >= 11 is 0. The van der Waals surface area contributed by atoms with Gasteiger partial charge in [-0.3, -0.25) is 0 Å². The monoisotopic (exact) mass is 358 g/mol. The third kappa shape index (κ3) is 3.45. The Balaban J connectivity index is 2.68. The van der Waals surface area contributed by atoms with E-state index in [1.807, 2.05) is 6.92 Å². The number of carbonyl (C=O) groups excluding carboxylic acids is 1. The van der Waals surface area contributed by atoms with Crippen molar-refractivity contribution >= 4 is 5.97 Å². The molecule has 0 unspecified atom stereocenters. The number of hydrogen-bond acceptors (Lipinski definition) is 7. The van der Waals surface area contributed by atoms with Crippen LogP contribution < -0.4 is 15.2 Å². The second kappa shape index (κ2) is 8.30. The van der Waals surface area contributed by atoms with Crippen LogP contribution in [0.3, 0.4) is 0 Å². The van der Waals surface area contributed by atoms with Crippen LogP contribution in [0.25, 0.3) is 0 Å². The lowest BCUT2D eigenvalue weighted by molar-refractivity contribution is -0.139. The number of hydrogen-bond donors (Lipinski definition) is 1. The Hall–Kier alpha value is -3.14. The Bertz CT molecular complexity index is 805. The molecule has 1 aromatic rings. The minimum Gasteiger partial charge on any atom is -0.493 e. The molecule has 0 bridgehead atoms. The van der Waals surface area contributed by atoms with Gasteiger partial charge >= 0.3 is 5.97 Å². The summed E-state index contributed by atoms with van der Waals surface area (Å²) in [5.74, 6) is 0.147. The number of carbonyl (C=O) groups is 1. The first-order valence-corrected chi connectivity index (χ1v) is 8.21. The van der Waals surface area contributed by atoms with Gasteiger partial charge in [-0.15, -0.1) is 0 Å². The zero-order chi connectivity index (χ0) is 19.3. The van der Waals surface area contributed by atoms with Crippen molar-refractivity contribution in [3.05, 3.63) is 46.6 Å². The van der Waals surface area contributed by atoms with Crippen LogP contribution in [0.5, 0.6) is 11.5 Å². The molecule has 7 heteroatoms. The molecule has 0 radical (unpaired) electrons. The molecule has 0 fully saturated rings. The summed E-state index contributed by atoms with van der Waals surface area (Å²) in [4.78, 5) is 12.6. The highest BCUT2D eigenvalue weighted by Gasteiger charge is 2.37. The summed E-state index contributed by atoms with van der Waals surface area (Å²) in [7, 11) is 3.05. The first-order chi connectivity index (χ1) is 12.5. The maximum atomic E-state index is 12.6. The summed E-state index contributed by atoms with van der Waals surface area (Å²) in [5, 5.41) is 9.61. The van der Waals surface area contributed by atoms with Crippen LogP contribution >= 0.6 is 0 Å². The normalized spacial score (nSPS) is 16.7. The van der Waals surface area contributed by atoms with E-state index < -0.39 is 11.9 Å². The van der Waals surface area contributed by atoms with Crippen LogP contribution in [0.2, 0.25) is 0 Å². The van der Waals surface area contributed by atoms with Crippen LogP contribution in [0, 0.1) is 11.3 Å². The molecule has 0 aromatic heterocycles. The van der Waals surface area contributed by atoms with Gasteiger partial charge in [0.1, 0.15) is 17.4 Å². The number of nitrogens with two attached hydrogens (primary N) is 1. The third-order valence-corrected chi connectivity index (χ3v) is 4.05.